The summed E-state index contributed by atoms with van der Waals surface area (Å²) in [4.78, 5) is 8.36. The molecule has 1 aromatic heterocycles. The van der Waals surface area contributed by atoms with Crippen LogP contribution in [-0.2, 0) is 0 Å². The van der Waals surface area contributed by atoms with E-state index in [2.05, 4.69) is 34.3 Å². The fourth-order valence-electron chi connectivity index (χ4n) is 1.68. The number of nitrogens with one attached hydrogen (secondary N) is 1. The smallest absolute Gasteiger partial charge is 0.225 e. The van der Waals surface area contributed by atoms with E-state index in [1.54, 1.807) is 19.4 Å². The first-order valence-corrected chi connectivity index (χ1v) is 5.95. The molecule has 18 heavy (non-hydrogen) atoms. The zero-order valence-corrected chi connectivity index (χ0v) is 10.6. The highest BCUT2D eigenvalue weighted by molar-refractivity contribution is 5.29. The lowest BCUT2D eigenvalue weighted by Gasteiger charge is -2.13. The van der Waals surface area contributed by atoms with Gasteiger partial charge in [0, 0.05) is 18.8 Å². The molecule has 0 saturated heterocycles. The molecule has 0 aliphatic heterocycles. The SMILES string of the molecule is COc1ccnc(NCC(C)c2ccccc2)n1. The van der Waals surface area contributed by atoms with Gasteiger partial charge in [-0.25, -0.2) is 4.98 Å². The minimum absolute atomic E-state index is 0.404. The highest BCUT2D eigenvalue weighted by Crippen LogP contribution is 2.15. The molecule has 0 saturated carbocycles. The van der Waals surface area contributed by atoms with Crippen molar-refractivity contribution in [2.75, 3.05) is 19.0 Å². The molecule has 94 valence electrons. The van der Waals surface area contributed by atoms with Crippen molar-refractivity contribution < 1.29 is 4.74 Å². The van der Waals surface area contributed by atoms with Crippen molar-refractivity contribution in [2.45, 2.75) is 12.8 Å². The van der Waals surface area contributed by atoms with Gasteiger partial charge in [0.15, 0.2) is 0 Å². The Morgan fingerprint density at radius 3 is 2.72 bits per heavy atom. The van der Waals surface area contributed by atoms with E-state index in [4.69, 9.17) is 4.74 Å². The molecule has 0 aliphatic carbocycles. The number of aromatic nitrogens is 2. The van der Waals surface area contributed by atoms with E-state index in [-0.39, 0.29) is 0 Å². The lowest BCUT2D eigenvalue weighted by atomic mass is 10.0. The van der Waals surface area contributed by atoms with E-state index < -0.39 is 0 Å². The molecule has 1 heterocycles. The lowest BCUT2D eigenvalue weighted by molar-refractivity contribution is 0.397. The summed E-state index contributed by atoms with van der Waals surface area (Å²) in [5.74, 6) is 1.57. The van der Waals surface area contributed by atoms with Crippen molar-refractivity contribution in [3.05, 3.63) is 48.2 Å². The van der Waals surface area contributed by atoms with E-state index in [1.165, 1.54) is 5.56 Å². The van der Waals surface area contributed by atoms with Gasteiger partial charge >= 0.3 is 0 Å². The summed E-state index contributed by atoms with van der Waals surface area (Å²) in [5.41, 5.74) is 1.30. The van der Waals surface area contributed by atoms with Crippen molar-refractivity contribution >= 4 is 5.95 Å². The molecule has 2 rings (SSSR count). The predicted molar refractivity (Wildman–Crippen MR) is 71.9 cm³/mol. The molecule has 0 amide bonds. The van der Waals surface area contributed by atoms with Gasteiger partial charge < -0.3 is 10.1 Å². The second-order valence-corrected chi connectivity index (χ2v) is 4.12. The van der Waals surface area contributed by atoms with Crippen LogP contribution in [0.5, 0.6) is 5.88 Å². The van der Waals surface area contributed by atoms with Crippen molar-refractivity contribution in [1.29, 1.82) is 0 Å². The van der Waals surface area contributed by atoms with Gasteiger partial charge in [-0.05, 0) is 11.5 Å². The molecular formula is C14H17N3O. The quantitative estimate of drug-likeness (QED) is 0.877. The fourth-order valence-corrected chi connectivity index (χ4v) is 1.68. The normalized spacial score (nSPS) is 11.9. The summed E-state index contributed by atoms with van der Waals surface area (Å²) in [6.45, 7) is 2.96. The number of methoxy groups -OCH3 is 1. The van der Waals surface area contributed by atoms with E-state index in [1.807, 2.05) is 18.2 Å². The topological polar surface area (TPSA) is 47.0 Å². The summed E-state index contributed by atoms with van der Waals surface area (Å²) in [5, 5.41) is 3.22. The lowest BCUT2D eigenvalue weighted by Crippen LogP contribution is -2.12. The van der Waals surface area contributed by atoms with Crippen molar-refractivity contribution in [3.63, 3.8) is 0 Å². The van der Waals surface area contributed by atoms with Crippen LogP contribution in [0.4, 0.5) is 5.95 Å². The van der Waals surface area contributed by atoms with E-state index in [9.17, 15) is 0 Å². The number of hydrogen-bond acceptors (Lipinski definition) is 4. The monoisotopic (exact) mass is 243 g/mol. The van der Waals surface area contributed by atoms with Crippen LogP contribution in [-0.4, -0.2) is 23.6 Å². The molecule has 0 spiro atoms. The molecule has 0 aliphatic rings. The Morgan fingerprint density at radius 1 is 1.22 bits per heavy atom. The molecule has 1 unspecified atom stereocenters. The van der Waals surface area contributed by atoms with Gasteiger partial charge in [0.1, 0.15) is 0 Å². The highest BCUT2D eigenvalue weighted by atomic mass is 16.5. The zero-order valence-electron chi connectivity index (χ0n) is 10.6. The molecular weight excluding hydrogens is 226 g/mol. The third-order valence-corrected chi connectivity index (χ3v) is 2.77. The summed E-state index contributed by atoms with van der Waals surface area (Å²) >= 11 is 0. The van der Waals surface area contributed by atoms with Crippen LogP contribution in [0, 0.1) is 0 Å². The second-order valence-electron chi connectivity index (χ2n) is 4.12. The van der Waals surface area contributed by atoms with Crippen LogP contribution in [0.2, 0.25) is 0 Å². The second kappa shape index (κ2) is 6.00. The molecule has 0 bridgehead atoms. The van der Waals surface area contributed by atoms with Crippen LogP contribution in [0.3, 0.4) is 0 Å². The Kier molecular flexibility index (Phi) is 4.12. The van der Waals surface area contributed by atoms with E-state index in [0.29, 0.717) is 17.7 Å². The first kappa shape index (κ1) is 12.4. The van der Waals surface area contributed by atoms with Crippen LogP contribution >= 0.6 is 0 Å². The van der Waals surface area contributed by atoms with Crippen molar-refractivity contribution in [1.82, 2.24) is 9.97 Å². The number of benzene rings is 1. The van der Waals surface area contributed by atoms with Crippen LogP contribution in [0.1, 0.15) is 18.4 Å². The summed E-state index contributed by atoms with van der Waals surface area (Å²) < 4.78 is 5.06. The zero-order chi connectivity index (χ0) is 12.8. The van der Waals surface area contributed by atoms with E-state index in [0.717, 1.165) is 6.54 Å². The Hall–Kier alpha value is -2.10. The molecule has 0 radical (unpaired) electrons. The van der Waals surface area contributed by atoms with Crippen molar-refractivity contribution in [3.8, 4) is 5.88 Å². The van der Waals surface area contributed by atoms with Gasteiger partial charge in [0.25, 0.3) is 0 Å². The minimum Gasteiger partial charge on any atom is -0.481 e. The Bertz CT molecular complexity index is 487. The maximum Gasteiger partial charge on any atom is 0.225 e. The highest BCUT2D eigenvalue weighted by Gasteiger charge is 2.05. The molecule has 1 aromatic carbocycles. The molecule has 1 N–H and O–H groups in total. The third-order valence-electron chi connectivity index (χ3n) is 2.77. The molecule has 1 atom stereocenters. The number of ether oxygens (including phenoxy) is 1. The maximum atomic E-state index is 5.06. The minimum atomic E-state index is 0.404. The van der Waals surface area contributed by atoms with Gasteiger partial charge in [-0.2, -0.15) is 4.98 Å². The van der Waals surface area contributed by atoms with Gasteiger partial charge in [0.05, 0.1) is 7.11 Å². The van der Waals surface area contributed by atoms with Gasteiger partial charge in [-0.1, -0.05) is 37.3 Å². The standard InChI is InChI=1S/C14H17N3O/c1-11(12-6-4-3-5-7-12)10-16-14-15-9-8-13(17-14)18-2/h3-9,11H,10H2,1-2H3,(H,15,16,17). The maximum absolute atomic E-state index is 5.06. The van der Waals surface area contributed by atoms with E-state index >= 15 is 0 Å². The number of anilines is 1. The Balaban J connectivity index is 1.95. The number of hydrogen-bond donors (Lipinski definition) is 1. The predicted octanol–water partition coefficient (Wildman–Crippen LogP) is 2.70. The van der Waals surface area contributed by atoms with Crippen LogP contribution < -0.4 is 10.1 Å². The largest absolute Gasteiger partial charge is 0.481 e. The van der Waals surface area contributed by atoms with Gasteiger partial charge in [-0.15, -0.1) is 0 Å². The summed E-state index contributed by atoms with van der Waals surface area (Å²) in [6, 6.07) is 12.1. The average Bonchev–Trinajstić information content (AvgIpc) is 2.46. The Labute approximate surface area is 107 Å². The molecule has 0 fully saturated rings. The van der Waals surface area contributed by atoms with Crippen molar-refractivity contribution in [2.24, 2.45) is 0 Å². The van der Waals surface area contributed by atoms with Gasteiger partial charge in [-0.3, -0.25) is 0 Å². The average molecular weight is 243 g/mol. The number of nitrogens with zero attached hydrogens (tertiary/aromatic N) is 2. The summed E-state index contributed by atoms with van der Waals surface area (Å²) in [6.07, 6.45) is 1.68. The molecule has 4 nitrogen and oxygen atoms in total. The first-order valence-electron chi connectivity index (χ1n) is 5.95. The van der Waals surface area contributed by atoms with Crippen LogP contribution in [0.25, 0.3) is 0 Å². The molecule has 2 aromatic rings. The Morgan fingerprint density at radius 2 is 2.00 bits per heavy atom. The first-order chi connectivity index (χ1) is 8.79. The summed E-state index contributed by atoms with van der Waals surface area (Å²) in [7, 11) is 1.60. The van der Waals surface area contributed by atoms with Crippen LogP contribution in [0.15, 0.2) is 42.6 Å². The third kappa shape index (κ3) is 3.20. The number of rotatable bonds is 5. The fraction of sp³-hybridized carbons (Fsp3) is 0.286. The van der Waals surface area contributed by atoms with Gasteiger partial charge in [0.2, 0.25) is 11.8 Å². The molecule has 4 heteroatoms.